The minimum atomic E-state index is -3.32. The molecule has 0 aromatic heterocycles. The molecule has 0 radical (unpaired) electrons. The van der Waals surface area contributed by atoms with Crippen LogP contribution in [0.3, 0.4) is 0 Å². The van der Waals surface area contributed by atoms with Crippen LogP contribution in [0.15, 0.2) is 0 Å². The van der Waals surface area contributed by atoms with Crippen molar-refractivity contribution in [1.82, 2.24) is 10.0 Å². The summed E-state index contributed by atoms with van der Waals surface area (Å²) in [7, 11) is -3.32. The molecule has 0 atom stereocenters. The molecular formula is C12H25N3O4S. The predicted octanol–water partition coefficient (Wildman–Crippen LogP) is -0.814. The molecular weight excluding hydrogens is 282 g/mol. The Morgan fingerprint density at radius 3 is 2.35 bits per heavy atom. The lowest BCUT2D eigenvalue weighted by Crippen LogP contribution is -2.55. The molecule has 1 fully saturated rings. The predicted molar refractivity (Wildman–Crippen MR) is 76.6 cm³/mol. The van der Waals surface area contributed by atoms with E-state index in [0.29, 0.717) is 26.1 Å². The molecule has 0 bridgehead atoms. The lowest BCUT2D eigenvalue weighted by Gasteiger charge is -2.36. The maximum Gasteiger partial charge on any atom is 0.227 e. The number of hydrogen-bond acceptors (Lipinski definition) is 5. The van der Waals surface area contributed by atoms with Gasteiger partial charge in [-0.15, -0.1) is 0 Å². The monoisotopic (exact) mass is 307 g/mol. The zero-order valence-electron chi connectivity index (χ0n) is 12.4. The highest BCUT2D eigenvalue weighted by molar-refractivity contribution is 7.88. The first-order valence-corrected chi connectivity index (χ1v) is 8.54. The Balaban J connectivity index is 2.61. The lowest BCUT2D eigenvalue weighted by molar-refractivity contribution is -0.136. The molecule has 1 saturated heterocycles. The van der Waals surface area contributed by atoms with Gasteiger partial charge in [0.05, 0.1) is 11.7 Å². The maximum atomic E-state index is 12.3. The van der Waals surface area contributed by atoms with Gasteiger partial charge in [-0.3, -0.25) is 4.79 Å². The Morgan fingerprint density at radius 2 is 1.90 bits per heavy atom. The Kier molecular flexibility index (Phi) is 5.54. The summed E-state index contributed by atoms with van der Waals surface area (Å²) in [4.78, 5) is 12.3. The molecule has 1 rings (SSSR count). The van der Waals surface area contributed by atoms with E-state index < -0.39 is 21.0 Å². The number of nitrogens with two attached hydrogens (primary N) is 1. The summed E-state index contributed by atoms with van der Waals surface area (Å²) < 4.78 is 30.3. The molecule has 0 unspecified atom stereocenters. The maximum absolute atomic E-state index is 12.3. The summed E-state index contributed by atoms with van der Waals surface area (Å²) in [6.45, 7) is 4.95. The third-order valence-corrected chi connectivity index (χ3v) is 4.40. The first-order chi connectivity index (χ1) is 9.10. The Hall–Kier alpha value is -0.700. The Morgan fingerprint density at radius 1 is 1.35 bits per heavy atom. The first kappa shape index (κ1) is 17.4. The van der Waals surface area contributed by atoms with E-state index in [1.54, 1.807) is 13.8 Å². The first-order valence-electron chi connectivity index (χ1n) is 6.65. The molecule has 7 nitrogen and oxygen atoms in total. The molecule has 0 spiro atoms. The van der Waals surface area contributed by atoms with E-state index in [2.05, 4.69) is 10.0 Å². The fraction of sp³-hybridized carbons (Fsp3) is 0.917. The smallest absolute Gasteiger partial charge is 0.227 e. The number of carbonyl (C=O) groups excluding carboxylic acids is 1. The van der Waals surface area contributed by atoms with Gasteiger partial charge in [0.25, 0.3) is 0 Å². The van der Waals surface area contributed by atoms with Gasteiger partial charge in [-0.2, -0.15) is 0 Å². The summed E-state index contributed by atoms with van der Waals surface area (Å²) in [6.07, 6.45) is 2.28. The van der Waals surface area contributed by atoms with Crippen molar-refractivity contribution in [3.05, 3.63) is 0 Å². The minimum Gasteiger partial charge on any atom is -0.381 e. The Labute approximate surface area is 120 Å². The highest BCUT2D eigenvalue weighted by atomic mass is 32.2. The van der Waals surface area contributed by atoms with Crippen LogP contribution in [-0.2, 0) is 19.6 Å². The van der Waals surface area contributed by atoms with Crippen LogP contribution < -0.4 is 15.8 Å². The fourth-order valence-corrected chi connectivity index (χ4v) is 3.39. The Bertz CT molecular complexity index is 442. The van der Waals surface area contributed by atoms with Crippen molar-refractivity contribution < 1.29 is 17.9 Å². The molecule has 8 heteroatoms. The van der Waals surface area contributed by atoms with Gasteiger partial charge in [0, 0.05) is 31.8 Å². The van der Waals surface area contributed by atoms with Crippen LogP contribution >= 0.6 is 0 Å². The van der Waals surface area contributed by atoms with Crippen molar-refractivity contribution in [2.45, 2.75) is 32.2 Å². The number of sulfonamides is 1. The van der Waals surface area contributed by atoms with Crippen molar-refractivity contribution in [2.24, 2.45) is 11.1 Å². The molecule has 1 aliphatic rings. The van der Waals surface area contributed by atoms with Crippen molar-refractivity contribution >= 4 is 15.9 Å². The molecule has 0 saturated carbocycles. The number of nitrogens with one attached hydrogen (secondary N) is 2. The van der Waals surface area contributed by atoms with Gasteiger partial charge in [-0.05, 0) is 26.7 Å². The summed E-state index contributed by atoms with van der Waals surface area (Å²) in [5, 5.41) is 2.81. The average molecular weight is 307 g/mol. The third-order valence-electron chi connectivity index (χ3n) is 3.47. The lowest BCUT2D eigenvalue weighted by atomic mass is 9.79. The molecule has 0 aromatic carbocycles. The van der Waals surface area contributed by atoms with Crippen LogP contribution in [0.5, 0.6) is 0 Å². The van der Waals surface area contributed by atoms with Crippen molar-refractivity contribution in [3.63, 3.8) is 0 Å². The number of hydrogen-bond donors (Lipinski definition) is 3. The number of amides is 1. The van der Waals surface area contributed by atoms with Crippen molar-refractivity contribution in [2.75, 3.05) is 32.6 Å². The molecule has 20 heavy (non-hydrogen) atoms. The van der Waals surface area contributed by atoms with Crippen LogP contribution in [0.2, 0.25) is 0 Å². The molecule has 4 N–H and O–H groups in total. The SMILES string of the molecule is CC(C)(CNC(=O)C1(CN)CCOCC1)NS(C)(=O)=O. The summed E-state index contributed by atoms with van der Waals surface area (Å²) >= 11 is 0. The number of ether oxygens (including phenoxy) is 1. The van der Waals surface area contributed by atoms with Gasteiger partial charge in [0.2, 0.25) is 15.9 Å². The number of carbonyl (C=O) groups is 1. The molecule has 1 aliphatic heterocycles. The quantitative estimate of drug-likeness (QED) is 0.594. The largest absolute Gasteiger partial charge is 0.381 e. The summed E-state index contributed by atoms with van der Waals surface area (Å²) in [5.41, 5.74) is 4.41. The van der Waals surface area contributed by atoms with Gasteiger partial charge in [-0.25, -0.2) is 13.1 Å². The van der Waals surface area contributed by atoms with Gasteiger partial charge < -0.3 is 15.8 Å². The summed E-state index contributed by atoms with van der Waals surface area (Å²) in [5.74, 6) is -0.133. The third kappa shape index (κ3) is 5.01. The molecule has 1 heterocycles. The minimum absolute atomic E-state index is 0.133. The van der Waals surface area contributed by atoms with Crippen LogP contribution in [0.1, 0.15) is 26.7 Å². The van der Waals surface area contributed by atoms with Crippen molar-refractivity contribution in [3.8, 4) is 0 Å². The zero-order chi connectivity index (χ0) is 15.4. The normalized spacial score (nSPS) is 19.6. The van der Waals surface area contributed by atoms with Crippen molar-refractivity contribution in [1.29, 1.82) is 0 Å². The molecule has 0 aromatic rings. The van der Waals surface area contributed by atoms with E-state index in [4.69, 9.17) is 10.5 Å². The highest BCUT2D eigenvalue weighted by Gasteiger charge is 2.39. The van der Waals surface area contributed by atoms with Gasteiger partial charge >= 0.3 is 0 Å². The van der Waals surface area contributed by atoms with Gasteiger partial charge in [0.1, 0.15) is 0 Å². The molecule has 0 aliphatic carbocycles. The summed E-state index contributed by atoms with van der Waals surface area (Å²) in [6, 6.07) is 0. The van der Waals surface area contributed by atoms with Gasteiger partial charge in [-0.1, -0.05) is 0 Å². The second-order valence-corrected chi connectivity index (χ2v) is 7.79. The zero-order valence-corrected chi connectivity index (χ0v) is 13.2. The van der Waals surface area contributed by atoms with E-state index in [0.717, 1.165) is 6.26 Å². The average Bonchev–Trinajstić information content (AvgIpc) is 2.34. The standard InChI is InChI=1S/C12H25N3O4S/c1-11(2,15-20(3,17)18)9-14-10(16)12(8-13)4-6-19-7-5-12/h15H,4-9,13H2,1-3H3,(H,14,16). The number of rotatable bonds is 6. The molecule has 118 valence electrons. The van der Waals surface area contributed by atoms with Crippen LogP contribution in [-0.4, -0.2) is 52.4 Å². The van der Waals surface area contributed by atoms with Gasteiger partial charge in [0.15, 0.2) is 0 Å². The second kappa shape index (κ2) is 6.38. The topological polar surface area (TPSA) is 111 Å². The van der Waals surface area contributed by atoms with Crippen LogP contribution in [0.4, 0.5) is 0 Å². The fourth-order valence-electron chi connectivity index (χ4n) is 2.31. The molecule has 1 amide bonds. The van der Waals surface area contributed by atoms with E-state index >= 15 is 0 Å². The van der Waals surface area contributed by atoms with E-state index in [1.165, 1.54) is 0 Å². The van der Waals surface area contributed by atoms with E-state index in [-0.39, 0.29) is 19.0 Å². The van der Waals surface area contributed by atoms with Crippen LogP contribution in [0, 0.1) is 5.41 Å². The van der Waals surface area contributed by atoms with E-state index in [9.17, 15) is 13.2 Å². The van der Waals surface area contributed by atoms with Crippen LogP contribution in [0.25, 0.3) is 0 Å². The second-order valence-electron chi connectivity index (χ2n) is 6.04. The highest BCUT2D eigenvalue weighted by Crippen LogP contribution is 2.29. The van der Waals surface area contributed by atoms with E-state index in [1.807, 2.05) is 0 Å².